The molecule has 2 heterocycles. The number of pyridine rings is 1. The van der Waals surface area contributed by atoms with Gasteiger partial charge in [-0.15, -0.1) is 0 Å². The average Bonchev–Trinajstić information content (AvgIpc) is 3.03. The van der Waals surface area contributed by atoms with E-state index in [0.29, 0.717) is 11.6 Å². The lowest BCUT2D eigenvalue weighted by Gasteiger charge is -2.17. The van der Waals surface area contributed by atoms with Crippen molar-refractivity contribution in [3.8, 4) is 5.88 Å². The second-order valence-corrected chi connectivity index (χ2v) is 5.73. The quantitative estimate of drug-likeness (QED) is 0.670. The highest BCUT2D eigenvalue weighted by molar-refractivity contribution is 5.84. The summed E-state index contributed by atoms with van der Waals surface area (Å²) < 4.78 is 30.5. The molecule has 0 amide bonds. The predicted molar refractivity (Wildman–Crippen MR) is 94.5 cm³/mol. The first-order valence-corrected chi connectivity index (χ1v) is 7.95. The molecule has 4 nitrogen and oxygen atoms in total. The smallest absolute Gasteiger partial charge is 0.213 e. The number of nitrogens with one attached hydrogen (secondary N) is 2. The van der Waals surface area contributed by atoms with E-state index in [1.54, 1.807) is 18.3 Å². The molecule has 0 fully saturated rings. The van der Waals surface area contributed by atoms with Crippen LogP contribution in [-0.4, -0.2) is 23.2 Å². The molecule has 3 rings (SSSR count). The minimum absolute atomic E-state index is 0.00205. The van der Waals surface area contributed by atoms with E-state index in [-0.39, 0.29) is 18.5 Å². The summed E-state index contributed by atoms with van der Waals surface area (Å²) in [6.07, 6.45) is 1.68. The van der Waals surface area contributed by atoms with E-state index in [0.717, 1.165) is 22.2 Å². The molecule has 6 heteroatoms. The molecule has 3 aromatic rings. The van der Waals surface area contributed by atoms with Crippen molar-refractivity contribution in [1.82, 2.24) is 15.3 Å². The molecule has 2 N–H and O–H groups in total. The molecule has 2 aromatic heterocycles. The van der Waals surface area contributed by atoms with Crippen LogP contribution in [0.1, 0.15) is 24.2 Å². The first kappa shape index (κ1) is 17.0. The van der Waals surface area contributed by atoms with Crippen molar-refractivity contribution in [3.63, 3.8) is 0 Å². The average molecular weight is 343 g/mol. The van der Waals surface area contributed by atoms with Gasteiger partial charge < -0.3 is 15.0 Å². The third-order valence-electron chi connectivity index (χ3n) is 3.89. The second-order valence-electron chi connectivity index (χ2n) is 5.73. The molecule has 1 unspecified atom stereocenters. The summed E-state index contributed by atoms with van der Waals surface area (Å²) in [4.78, 5) is 7.31. The van der Waals surface area contributed by atoms with Crippen LogP contribution in [0.15, 0.2) is 49.2 Å². The lowest BCUT2D eigenvalue weighted by atomic mass is 10.1. The Morgan fingerprint density at radius 1 is 1.32 bits per heavy atom. The van der Waals surface area contributed by atoms with E-state index >= 15 is 0 Å². The maximum absolute atomic E-state index is 13.3. The predicted octanol–water partition coefficient (Wildman–Crippen LogP) is 4.37. The van der Waals surface area contributed by atoms with Gasteiger partial charge in [0.25, 0.3) is 0 Å². The van der Waals surface area contributed by atoms with Gasteiger partial charge >= 0.3 is 0 Å². The molecule has 0 saturated carbocycles. The largest absolute Gasteiger partial charge is 0.475 e. The molecule has 130 valence electrons. The van der Waals surface area contributed by atoms with E-state index in [4.69, 9.17) is 4.74 Å². The SMILES string of the molecule is C=C(NC(C)c1ccc(OCCF)nc1)c1cc2ccc(F)cc2[nH]1. The Hall–Kier alpha value is -2.89. The van der Waals surface area contributed by atoms with Crippen LogP contribution >= 0.6 is 0 Å². The Kier molecular flexibility index (Phi) is 4.97. The van der Waals surface area contributed by atoms with Crippen molar-refractivity contribution in [1.29, 1.82) is 0 Å². The maximum Gasteiger partial charge on any atom is 0.213 e. The minimum atomic E-state index is -0.546. The number of benzene rings is 1. The number of ether oxygens (including phenoxy) is 1. The first-order valence-electron chi connectivity index (χ1n) is 7.95. The Morgan fingerprint density at radius 2 is 2.16 bits per heavy atom. The fourth-order valence-electron chi connectivity index (χ4n) is 2.56. The highest BCUT2D eigenvalue weighted by Crippen LogP contribution is 2.22. The third kappa shape index (κ3) is 3.96. The van der Waals surface area contributed by atoms with Crippen LogP contribution in [0.5, 0.6) is 5.88 Å². The molecule has 1 aromatic carbocycles. The topological polar surface area (TPSA) is 49.9 Å². The molecule has 0 aliphatic rings. The van der Waals surface area contributed by atoms with Crippen LogP contribution in [-0.2, 0) is 0 Å². The normalized spacial score (nSPS) is 12.1. The fourth-order valence-corrected chi connectivity index (χ4v) is 2.56. The number of alkyl halides is 1. The van der Waals surface area contributed by atoms with Gasteiger partial charge in [-0.1, -0.05) is 12.6 Å². The summed E-state index contributed by atoms with van der Waals surface area (Å²) in [5, 5.41) is 4.21. The van der Waals surface area contributed by atoms with Gasteiger partial charge in [-0.3, -0.25) is 0 Å². The van der Waals surface area contributed by atoms with Crippen LogP contribution in [0.25, 0.3) is 16.6 Å². The minimum Gasteiger partial charge on any atom is -0.475 e. The van der Waals surface area contributed by atoms with Crippen molar-refractivity contribution in [2.75, 3.05) is 13.3 Å². The first-order chi connectivity index (χ1) is 12.1. The van der Waals surface area contributed by atoms with Gasteiger partial charge in [-0.05, 0) is 36.8 Å². The van der Waals surface area contributed by atoms with E-state index in [2.05, 4.69) is 21.9 Å². The Labute approximate surface area is 144 Å². The van der Waals surface area contributed by atoms with Crippen LogP contribution in [0.2, 0.25) is 0 Å². The zero-order valence-corrected chi connectivity index (χ0v) is 13.9. The number of rotatable bonds is 7. The van der Waals surface area contributed by atoms with Gasteiger partial charge in [0.2, 0.25) is 5.88 Å². The monoisotopic (exact) mass is 343 g/mol. The highest BCUT2D eigenvalue weighted by atomic mass is 19.1. The van der Waals surface area contributed by atoms with Gasteiger partial charge in [-0.2, -0.15) is 0 Å². The second kappa shape index (κ2) is 7.34. The van der Waals surface area contributed by atoms with Crippen LogP contribution < -0.4 is 10.1 Å². The molecule has 0 saturated heterocycles. The lowest BCUT2D eigenvalue weighted by Crippen LogP contribution is -2.17. The van der Waals surface area contributed by atoms with Crippen molar-refractivity contribution >= 4 is 16.6 Å². The van der Waals surface area contributed by atoms with E-state index < -0.39 is 6.67 Å². The van der Waals surface area contributed by atoms with Crippen LogP contribution in [0.3, 0.4) is 0 Å². The number of aromatic amines is 1. The molecule has 0 aliphatic carbocycles. The van der Waals surface area contributed by atoms with Crippen molar-refractivity contribution in [2.45, 2.75) is 13.0 Å². The number of nitrogens with zero attached hydrogens (tertiary/aromatic N) is 1. The van der Waals surface area contributed by atoms with E-state index in [1.807, 2.05) is 19.1 Å². The highest BCUT2D eigenvalue weighted by Gasteiger charge is 2.10. The fraction of sp³-hybridized carbons (Fsp3) is 0.211. The van der Waals surface area contributed by atoms with Gasteiger partial charge in [0, 0.05) is 23.2 Å². The molecule has 0 radical (unpaired) electrons. The Morgan fingerprint density at radius 3 is 2.88 bits per heavy atom. The lowest BCUT2D eigenvalue weighted by molar-refractivity contribution is 0.264. The summed E-state index contributed by atoms with van der Waals surface area (Å²) >= 11 is 0. The van der Waals surface area contributed by atoms with Gasteiger partial charge in [0.15, 0.2) is 0 Å². The molecule has 25 heavy (non-hydrogen) atoms. The van der Waals surface area contributed by atoms with Crippen LogP contribution in [0, 0.1) is 5.82 Å². The Bertz CT molecular complexity index is 874. The summed E-state index contributed by atoms with van der Waals surface area (Å²) in [5.41, 5.74) is 3.16. The standard InChI is InChI=1S/C19H19F2N3O/c1-12(15-4-6-19(22-11-15)25-8-7-20)23-13(2)17-9-14-3-5-16(21)10-18(14)24-17/h3-6,9-12,23-24H,2,7-8H2,1H3. The number of H-pyrrole nitrogens is 1. The number of fused-ring (bicyclic) bond motifs is 1. The summed E-state index contributed by atoms with van der Waals surface area (Å²) in [7, 11) is 0. The van der Waals surface area contributed by atoms with Gasteiger partial charge in [-0.25, -0.2) is 13.8 Å². The number of aromatic nitrogens is 2. The molecular weight excluding hydrogens is 324 g/mol. The van der Waals surface area contributed by atoms with Crippen LogP contribution in [0.4, 0.5) is 8.78 Å². The molecule has 0 aliphatic heterocycles. The summed E-state index contributed by atoms with van der Waals surface area (Å²) in [6.45, 7) is 5.47. The summed E-state index contributed by atoms with van der Waals surface area (Å²) in [5.74, 6) is 0.110. The van der Waals surface area contributed by atoms with Crippen molar-refractivity contribution < 1.29 is 13.5 Å². The molecule has 1 atom stereocenters. The molecule has 0 bridgehead atoms. The van der Waals surface area contributed by atoms with Crippen molar-refractivity contribution in [3.05, 3.63) is 66.2 Å². The maximum atomic E-state index is 13.3. The van der Waals surface area contributed by atoms with E-state index in [9.17, 15) is 8.78 Å². The Balaban J connectivity index is 1.68. The molecule has 0 spiro atoms. The summed E-state index contributed by atoms with van der Waals surface area (Å²) in [6, 6.07) is 10.1. The van der Waals surface area contributed by atoms with Crippen molar-refractivity contribution in [2.24, 2.45) is 0 Å². The van der Waals surface area contributed by atoms with Gasteiger partial charge in [0.1, 0.15) is 19.1 Å². The van der Waals surface area contributed by atoms with E-state index in [1.165, 1.54) is 12.1 Å². The van der Waals surface area contributed by atoms with Gasteiger partial charge in [0.05, 0.1) is 17.4 Å². The number of hydrogen-bond donors (Lipinski definition) is 2. The number of hydrogen-bond acceptors (Lipinski definition) is 3. The number of halogens is 2. The zero-order valence-electron chi connectivity index (χ0n) is 13.9. The third-order valence-corrected chi connectivity index (χ3v) is 3.89. The zero-order chi connectivity index (χ0) is 17.8. The molecular formula is C19H19F2N3O.